The van der Waals surface area contributed by atoms with E-state index in [0.29, 0.717) is 29.2 Å². The van der Waals surface area contributed by atoms with E-state index >= 15 is 0 Å². The van der Waals surface area contributed by atoms with Crippen molar-refractivity contribution in [3.8, 4) is 21.0 Å². The summed E-state index contributed by atoms with van der Waals surface area (Å²) in [4.78, 5) is 5.51. The third-order valence-electron chi connectivity index (χ3n) is 5.37. The van der Waals surface area contributed by atoms with Gasteiger partial charge in [-0.15, -0.1) is 11.3 Å². The highest BCUT2D eigenvalue weighted by atomic mass is 32.2. The molecule has 0 amide bonds. The van der Waals surface area contributed by atoms with Crippen molar-refractivity contribution in [2.24, 2.45) is 0 Å². The topological polar surface area (TPSA) is 76.9 Å². The first-order chi connectivity index (χ1) is 16.5. The number of pyridine rings is 1. The zero-order valence-electron chi connectivity index (χ0n) is 19.0. The van der Waals surface area contributed by atoms with Crippen molar-refractivity contribution in [2.45, 2.75) is 30.6 Å². The summed E-state index contributed by atoms with van der Waals surface area (Å²) in [5, 5.41) is 7.14. The van der Waals surface area contributed by atoms with Gasteiger partial charge in [-0.2, -0.15) is 18.3 Å². The SMILES string of the molecule is CC(CNCc1ccncc1)n1nc(C(F)(F)F)cc1-c1ccc(-c2cccc(S(C)(=O)=O)c2)s1. The first-order valence-electron chi connectivity index (χ1n) is 10.7. The number of halogens is 3. The molecule has 0 bridgehead atoms. The van der Waals surface area contributed by atoms with Crippen LogP contribution in [0.4, 0.5) is 13.2 Å². The number of hydrogen-bond donors (Lipinski definition) is 1. The van der Waals surface area contributed by atoms with Crippen LogP contribution in [0.5, 0.6) is 0 Å². The molecule has 3 aromatic heterocycles. The molecule has 35 heavy (non-hydrogen) atoms. The first-order valence-corrected chi connectivity index (χ1v) is 13.4. The molecule has 1 N–H and O–H groups in total. The maximum Gasteiger partial charge on any atom is 0.435 e. The molecule has 1 unspecified atom stereocenters. The minimum absolute atomic E-state index is 0.184. The average Bonchev–Trinajstić information content (AvgIpc) is 3.47. The molecule has 0 saturated heterocycles. The van der Waals surface area contributed by atoms with E-state index < -0.39 is 21.7 Å². The van der Waals surface area contributed by atoms with Crippen molar-refractivity contribution >= 4 is 21.2 Å². The van der Waals surface area contributed by atoms with Gasteiger partial charge in [0.1, 0.15) is 0 Å². The monoisotopic (exact) mass is 520 g/mol. The lowest BCUT2D eigenvalue weighted by Crippen LogP contribution is -2.24. The Bertz CT molecular complexity index is 1410. The molecule has 0 fully saturated rings. The molecule has 4 aromatic rings. The van der Waals surface area contributed by atoms with Crippen molar-refractivity contribution in [1.82, 2.24) is 20.1 Å². The summed E-state index contributed by atoms with van der Waals surface area (Å²) in [6, 6.07) is 14.4. The lowest BCUT2D eigenvalue weighted by atomic mass is 10.2. The Morgan fingerprint density at radius 1 is 1.06 bits per heavy atom. The normalized spacial score (nSPS) is 13.2. The van der Waals surface area contributed by atoms with E-state index in [2.05, 4.69) is 15.4 Å². The smallest absolute Gasteiger partial charge is 0.311 e. The quantitative estimate of drug-likeness (QED) is 0.335. The van der Waals surface area contributed by atoms with Crippen LogP contribution in [0, 0.1) is 0 Å². The number of benzene rings is 1. The lowest BCUT2D eigenvalue weighted by Gasteiger charge is -2.16. The third-order valence-corrected chi connectivity index (χ3v) is 7.63. The van der Waals surface area contributed by atoms with Crippen LogP contribution in [0.2, 0.25) is 0 Å². The van der Waals surface area contributed by atoms with Crippen molar-refractivity contribution in [2.75, 3.05) is 12.8 Å². The molecule has 4 rings (SSSR count). The summed E-state index contributed by atoms with van der Waals surface area (Å²) in [5.74, 6) is 0. The van der Waals surface area contributed by atoms with Crippen LogP contribution in [0.25, 0.3) is 21.0 Å². The van der Waals surface area contributed by atoms with Gasteiger partial charge in [-0.1, -0.05) is 12.1 Å². The number of nitrogens with zero attached hydrogens (tertiary/aromatic N) is 3. The van der Waals surface area contributed by atoms with Gasteiger partial charge >= 0.3 is 6.18 Å². The zero-order chi connectivity index (χ0) is 25.2. The Morgan fingerprint density at radius 2 is 1.77 bits per heavy atom. The fourth-order valence-corrected chi connectivity index (χ4v) is 5.25. The van der Waals surface area contributed by atoms with Crippen LogP contribution in [0.1, 0.15) is 24.2 Å². The molecule has 0 aliphatic carbocycles. The van der Waals surface area contributed by atoms with Gasteiger partial charge in [-0.3, -0.25) is 9.67 Å². The van der Waals surface area contributed by atoms with Crippen molar-refractivity contribution in [1.29, 1.82) is 0 Å². The Kier molecular flexibility index (Phi) is 7.11. The molecule has 0 aliphatic heterocycles. The van der Waals surface area contributed by atoms with Crippen LogP contribution in [0.3, 0.4) is 0 Å². The molecule has 11 heteroatoms. The lowest BCUT2D eigenvalue weighted by molar-refractivity contribution is -0.141. The largest absolute Gasteiger partial charge is 0.435 e. The number of aromatic nitrogens is 3. The van der Waals surface area contributed by atoms with E-state index in [9.17, 15) is 21.6 Å². The Morgan fingerprint density at radius 3 is 2.46 bits per heavy atom. The van der Waals surface area contributed by atoms with Gasteiger partial charge in [0, 0.05) is 36.6 Å². The number of nitrogens with one attached hydrogen (secondary N) is 1. The van der Waals surface area contributed by atoms with E-state index in [1.165, 1.54) is 22.1 Å². The van der Waals surface area contributed by atoms with Gasteiger partial charge in [0.2, 0.25) is 0 Å². The standard InChI is InChI=1S/C24H23F3N4O2S2/c1-16(14-29-15-17-8-10-28-11-9-17)31-20(13-23(30-31)24(25,26)27)22-7-6-21(34-22)18-4-3-5-19(12-18)35(2,32)33/h3-13,16,29H,14-15H2,1-2H3. The Hall–Kier alpha value is -3.02. The number of hydrogen-bond acceptors (Lipinski definition) is 6. The number of alkyl halides is 3. The predicted octanol–water partition coefficient (Wildman–Crippen LogP) is 5.45. The van der Waals surface area contributed by atoms with Gasteiger partial charge in [0.25, 0.3) is 0 Å². The molecule has 6 nitrogen and oxygen atoms in total. The summed E-state index contributed by atoms with van der Waals surface area (Å²) >= 11 is 1.28. The molecule has 0 spiro atoms. The molecule has 0 saturated carbocycles. The molecule has 0 aliphatic rings. The zero-order valence-corrected chi connectivity index (χ0v) is 20.6. The van der Waals surface area contributed by atoms with Gasteiger partial charge in [-0.05, 0) is 60.5 Å². The summed E-state index contributed by atoms with van der Waals surface area (Å²) in [7, 11) is -3.38. The molecular formula is C24H23F3N4O2S2. The van der Waals surface area contributed by atoms with Crippen LogP contribution < -0.4 is 5.32 Å². The van der Waals surface area contributed by atoms with Gasteiger partial charge in [-0.25, -0.2) is 8.42 Å². The maximum atomic E-state index is 13.5. The maximum absolute atomic E-state index is 13.5. The highest BCUT2D eigenvalue weighted by molar-refractivity contribution is 7.90. The van der Waals surface area contributed by atoms with E-state index in [1.54, 1.807) is 49.6 Å². The van der Waals surface area contributed by atoms with E-state index in [1.807, 2.05) is 12.1 Å². The fraction of sp³-hybridized carbons (Fsp3) is 0.250. The number of sulfone groups is 1. The molecule has 3 heterocycles. The Labute approximate surface area is 205 Å². The number of rotatable bonds is 8. The molecule has 184 valence electrons. The van der Waals surface area contributed by atoms with E-state index in [4.69, 9.17) is 0 Å². The van der Waals surface area contributed by atoms with Crippen LogP contribution in [0.15, 0.2) is 71.9 Å². The highest BCUT2D eigenvalue weighted by Crippen LogP contribution is 2.38. The second-order valence-electron chi connectivity index (χ2n) is 8.16. The Balaban J connectivity index is 1.62. The summed E-state index contributed by atoms with van der Waals surface area (Å²) in [6.07, 6.45) is -0.0787. The van der Waals surface area contributed by atoms with Crippen molar-refractivity contribution < 1.29 is 21.6 Å². The fourth-order valence-electron chi connectivity index (χ4n) is 3.58. The van der Waals surface area contributed by atoms with Gasteiger partial charge in [0.15, 0.2) is 15.5 Å². The molecule has 1 atom stereocenters. The van der Waals surface area contributed by atoms with Crippen LogP contribution in [-0.4, -0.2) is 36.0 Å². The van der Waals surface area contributed by atoms with Crippen LogP contribution in [-0.2, 0) is 22.6 Å². The molecule has 1 aromatic carbocycles. The average molecular weight is 521 g/mol. The highest BCUT2D eigenvalue weighted by Gasteiger charge is 2.35. The van der Waals surface area contributed by atoms with Gasteiger partial charge < -0.3 is 5.32 Å². The second-order valence-corrected chi connectivity index (χ2v) is 11.3. The van der Waals surface area contributed by atoms with E-state index in [-0.39, 0.29) is 10.9 Å². The summed E-state index contributed by atoms with van der Waals surface area (Å²) < 4.78 is 65.7. The first kappa shape index (κ1) is 25.1. The number of thiophene rings is 1. The molecule has 0 radical (unpaired) electrons. The third kappa shape index (κ3) is 5.98. The second kappa shape index (κ2) is 9.92. The minimum Gasteiger partial charge on any atom is -0.311 e. The minimum atomic E-state index is -4.58. The van der Waals surface area contributed by atoms with Crippen molar-refractivity contribution in [3.05, 3.63) is 78.2 Å². The van der Waals surface area contributed by atoms with E-state index in [0.717, 1.165) is 22.8 Å². The summed E-state index contributed by atoms with van der Waals surface area (Å²) in [6.45, 7) is 2.76. The van der Waals surface area contributed by atoms with Crippen LogP contribution >= 0.6 is 11.3 Å². The van der Waals surface area contributed by atoms with Gasteiger partial charge in [0.05, 0.1) is 21.5 Å². The van der Waals surface area contributed by atoms with Crippen molar-refractivity contribution in [3.63, 3.8) is 0 Å². The predicted molar refractivity (Wildman–Crippen MR) is 130 cm³/mol. The molecular weight excluding hydrogens is 497 g/mol. The summed E-state index contributed by atoms with van der Waals surface area (Å²) in [5.41, 5.74) is 1.09.